The van der Waals surface area contributed by atoms with Crippen molar-refractivity contribution < 1.29 is 17.9 Å². The average Bonchev–Trinajstić information content (AvgIpc) is 2.83. The number of hydrogen-bond donors (Lipinski definition) is 0. The first-order valence-electron chi connectivity index (χ1n) is 7.98. The Hall–Kier alpha value is -0.880. The summed E-state index contributed by atoms with van der Waals surface area (Å²) in [6.45, 7) is 5.67. The zero-order valence-electron chi connectivity index (χ0n) is 13.2. The third kappa shape index (κ3) is 4.57. The summed E-state index contributed by atoms with van der Waals surface area (Å²) >= 11 is 2.04. The third-order valence-electron chi connectivity index (χ3n) is 4.64. The van der Waals surface area contributed by atoms with Crippen LogP contribution >= 0.6 is 11.8 Å². The summed E-state index contributed by atoms with van der Waals surface area (Å²) in [7, 11) is 0. The van der Waals surface area contributed by atoms with Crippen LogP contribution in [-0.4, -0.2) is 42.4 Å². The van der Waals surface area contributed by atoms with Crippen molar-refractivity contribution in [2.24, 2.45) is 11.3 Å². The second-order valence-electron chi connectivity index (χ2n) is 6.98. The molecule has 23 heavy (non-hydrogen) atoms. The minimum Gasteiger partial charge on any atom is -0.406 e. The van der Waals surface area contributed by atoms with Gasteiger partial charge in [0.15, 0.2) is 0 Å². The van der Waals surface area contributed by atoms with Crippen LogP contribution in [0.1, 0.15) is 18.9 Å². The summed E-state index contributed by atoms with van der Waals surface area (Å²) in [6, 6.07) is 6.25. The van der Waals surface area contributed by atoms with Gasteiger partial charge in [-0.15, -0.1) is 13.2 Å². The van der Waals surface area contributed by atoms with Gasteiger partial charge in [0.2, 0.25) is 0 Å². The van der Waals surface area contributed by atoms with E-state index in [1.807, 2.05) is 11.8 Å². The predicted molar refractivity (Wildman–Crippen MR) is 86.8 cm³/mol. The quantitative estimate of drug-likeness (QED) is 0.793. The van der Waals surface area contributed by atoms with Gasteiger partial charge in [0.25, 0.3) is 0 Å². The number of benzene rings is 1. The highest BCUT2D eigenvalue weighted by Crippen LogP contribution is 2.45. The van der Waals surface area contributed by atoms with Gasteiger partial charge in [-0.05, 0) is 43.0 Å². The molecule has 0 amide bonds. The van der Waals surface area contributed by atoms with Gasteiger partial charge in [-0.25, -0.2) is 0 Å². The fraction of sp³-hybridized carbons (Fsp3) is 0.647. The van der Waals surface area contributed by atoms with E-state index in [4.69, 9.17) is 0 Å². The highest BCUT2D eigenvalue weighted by atomic mass is 32.2. The van der Waals surface area contributed by atoms with Gasteiger partial charge in [0, 0.05) is 30.0 Å². The molecule has 0 N–H and O–H groups in total. The minimum atomic E-state index is -4.62. The van der Waals surface area contributed by atoms with Crippen LogP contribution in [0.2, 0.25) is 0 Å². The van der Waals surface area contributed by atoms with Crippen LogP contribution in [0.4, 0.5) is 13.2 Å². The van der Waals surface area contributed by atoms with E-state index in [0.717, 1.165) is 18.5 Å². The molecule has 0 aliphatic carbocycles. The normalized spacial score (nSPS) is 22.1. The molecule has 0 aromatic heterocycles. The molecule has 1 atom stereocenters. The third-order valence-corrected chi connectivity index (χ3v) is 6.28. The number of likely N-dealkylation sites (tertiary alicyclic amines) is 1. The Morgan fingerprint density at radius 3 is 2.48 bits per heavy atom. The number of hydrogen-bond acceptors (Lipinski definition) is 3. The summed E-state index contributed by atoms with van der Waals surface area (Å²) < 4.78 is 40.3. The predicted octanol–water partition coefficient (Wildman–Crippen LogP) is 4.20. The topological polar surface area (TPSA) is 12.5 Å². The van der Waals surface area contributed by atoms with Crippen LogP contribution in [0.5, 0.6) is 5.75 Å². The lowest BCUT2D eigenvalue weighted by molar-refractivity contribution is -0.274. The number of halogens is 3. The van der Waals surface area contributed by atoms with Crippen molar-refractivity contribution in [1.29, 1.82) is 0 Å². The van der Waals surface area contributed by atoms with Crippen LogP contribution in [0, 0.1) is 11.3 Å². The number of thioether (sulfide) groups is 1. The van der Waals surface area contributed by atoms with Gasteiger partial charge in [0.05, 0.1) is 0 Å². The van der Waals surface area contributed by atoms with Gasteiger partial charge in [-0.1, -0.05) is 19.1 Å². The second kappa shape index (κ2) is 6.55. The summed E-state index contributed by atoms with van der Waals surface area (Å²) in [5.41, 5.74) is 1.64. The van der Waals surface area contributed by atoms with Crippen molar-refractivity contribution in [2.45, 2.75) is 26.1 Å². The molecule has 1 spiro atoms. The van der Waals surface area contributed by atoms with E-state index in [1.165, 1.54) is 43.1 Å². The lowest BCUT2D eigenvalue weighted by Gasteiger charge is -2.37. The fourth-order valence-electron chi connectivity index (χ4n) is 3.54. The lowest BCUT2D eigenvalue weighted by Crippen LogP contribution is -2.39. The van der Waals surface area contributed by atoms with E-state index in [2.05, 4.69) is 16.6 Å². The van der Waals surface area contributed by atoms with E-state index in [9.17, 15) is 13.2 Å². The maximum absolute atomic E-state index is 12.1. The van der Waals surface area contributed by atoms with Crippen LogP contribution in [0.3, 0.4) is 0 Å². The standard InChI is InChI=1S/C17H22F3NOS/c1-13(9-21-7-6-16(10-21)11-23-12-16)8-14-2-4-15(5-3-14)22-17(18,19)20/h2-5,13H,6-12H2,1H3/t13-/m1/s1. The Balaban J connectivity index is 1.47. The first kappa shape index (κ1) is 17.0. The lowest BCUT2D eigenvalue weighted by atomic mass is 9.91. The first-order valence-corrected chi connectivity index (χ1v) is 9.14. The summed E-state index contributed by atoms with van der Waals surface area (Å²) in [5, 5.41) is 0. The van der Waals surface area contributed by atoms with Gasteiger partial charge < -0.3 is 9.64 Å². The molecule has 2 fully saturated rings. The number of ether oxygens (including phenoxy) is 1. The Bertz CT molecular complexity index is 528. The average molecular weight is 345 g/mol. The van der Waals surface area contributed by atoms with E-state index >= 15 is 0 Å². The van der Waals surface area contributed by atoms with Gasteiger partial charge in [-0.2, -0.15) is 11.8 Å². The number of nitrogens with zero attached hydrogens (tertiary/aromatic N) is 1. The maximum Gasteiger partial charge on any atom is 0.573 e. The van der Waals surface area contributed by atoms with Crippen LogP contribution in [0.15, 0.2) is 24.3 Å². The largest absolute Gasteiger partial charge is 0.573 e. The highest BCUT2D eigenvalue weighted by molar-refractivity contribution is 8.00. The molecule has 6 heteroatoms. The molecule has 0 bridgehead atoms. The minimum absolute atomic E-state index is 0.155. The van der Waals surface area contributed by atoms with Gasteiger partial charge in [-0.3, -0.25) is 0 Å². The summed E-state index contributed by atoms with van der Waals surface area (Å²) in [6.07, 6.45) is -2.43. The molecule has 128 valence electrons. The zero-order valence-corrected chi connectivity index (χ0v) is 14.1. The maximum atomic E-state index is 12.1. The highest BCUT2D eigenvalue weighted by Gasteiger charge is 2.43. The zero-order chi connectivity index (χ0) is 16.5. The molecule has 1 aromatic carbocycles. The van der Waals surface area contributed by atoms with E-state index in [0.29, 0.717) is 11.3 Å². The first-order chi connectivity index (χ1) is 10.8. The van der Waals surface area contributed by atoms with Crippen molar-refractivity contribution in [3.8, 4) is 5.75 Å². The number of alkyl halides is 3. The van der Waals surface area contributed by atoms with E-state index in [1.54, 1.807) is 12.1 Å². The summed E-state index contributed by atoms with van der Waals surface area (Å²) in [5.74, 6) is 2.95. The Labute approximate surface area is 139 Å². The fourth-order valence-corrected chi connectivity index (χ4v) is 4.80. The summed E-state index contributed by atoms with van der Waals surface area (Å²) in [4.78, 5) is 2.55. The molecule has 0 radical (unpaired) electrons. The molecular weight excluding hydrogens is 323 g/mol. The molecule has 2 heterocycles. The Morgan fingerprint density at radius 1 is 1.26 bits per heavy atom. The Kier molecular flexibility index (Phi) is 4.83. The second-order valence-corrected chi connectivity index (χ2v) is 7.96. The molecule has 1 aromatic rings. The van der Waals surface area contributed by atoms with Crippen LogP contribution in [-0.2, 0) is 6.42 Å². The molecule has 2 aliphatic rings. The van der Waals surface area contributed by atoms with E-state index < -0.39 is 6.36 Å². The number of rotatable bonds is 5. The SMILES string of the molecule is C[C@H](Cc1ccc(OC(F)(F)F)cc1)CN1CCC2(CSC2)C1. The monoisotopic (exact) mass is 345 g/mol. The van der Waals surface area contributed by atoms with Crippen molar-refractivity contribution in [2.75, 3.05) is 31.1 Å². The molecule has 3 rings (SSSR count). The molecular formula is C17H22F3NOS. The Morgan fingerprint density at radius 2 is 1.96 bits per heavy atom. The van der Waals surface area contributed by atoms with Gasteiger partial charge >= 0.3 is 6.36 Å². The van der Waals surface area contributed by atoms with E-state index in [-0.39, 0.29) is 5.75 Å². The molecule has 2 aliphatic heterocycles. The van der Waals surface area contributed by atoms with Crippen LogP contribution in [0.25, 0.3) is 0 Å². The van der Waals surface area contributed by atoms with Crippen molar-refractivity contribution in [1.82, 2.24) is 4.90 Å². The molecule has 0 saturated carbocycles. The van der Waals surface area contributed by atoms with Crippen molar-refractivity contribution in [3.05, 3.63) is 29.8 Å². The molecule has 2 nitrogen and oxygen atoms in total. The molecule has 2 saturated heterocycles. The van der Waals surface area contributed by atoms with Crippen molar-refractivity contribution in [3.63, 3.8) is 0 Å². The van der Waals surface area contributed by atoms with Gasteiger partial charge in [0.1, 0.15) is 5.75 Å². The smallest absolute Gasteiger partial charge is 0.406 e. The van der Waals surface area contributed by atoms with Crippen molar-refractivity contribution >= 4 is 11.8 Å². The molecule has 0 unspecified atom stereocenters. The van der Waals surface area contributed by atoms with Crippen LogP contribution < -0.4 is 4.74 Å².